The fourth-order valence-corrected chi connectivity index (χ4v) is 2.22. The summed E-state index contributed by atoms with van der Waals surface area (Å²) in [5.74, 6) is 2.35. The fraction of sp³-hybridized carbons (Fsp3) is 1.00. The average Bonchev–Trinajstić information content (AvgIpc) is 2.87. The van der Waals surface area contributed by atoms with Gasteiger partial charge in [0.15, 0.2) is 0 Å². The first-order valence-corrected chi connectivity index (χ1v) is 6.32. The molecule has 2 aliphatic heterocycles. The molecule has 0 aromatic carbocycles. The van der Waals surface area contributed by atoms with Gasteiger partial charge in [-0.3, -0.25) is 0 Å². The molecule has 16 heavy (non-hydrogen) atoms. The number of aliphatic hydroxyl groups excluding tert-OH is 2. The summed E-state index contributed by atoms with van der Waals surface area (Å²) in [5.41, 5.74) is 0. The molecular formula is C12H26N2O2. The van der Waals surface area contributed by atoms with Gasteiger partial charge in [0.25, 0.3) is 0 Å². The maximum absolute atomic E-state index is 8.70. The first kappa shape index (κ1) is 13.9. The molecule has 0 bridgehead atoms. The van der Waals surface area contributed by atoms with Crippen molar-refractivity contribution >= 4 is 0 Å². The molecule has 2 rings (SSSR count). The Bertz CT molecular complexity index is 170. The molecule has 0 saturated carbocycles. The van der Waals surface area contributed by atoms with E-state index in [1.54, 1.807) is 0 Å². The zero-order valence-corrected chi connectivity index (χ0v) is 10.4. The van der Waals surface area contributed by atoms with Crippen molar-refractivity contribution in [2.75, 3.05) is 39.4 Å². The third kappa shape index (κ3) is 4.01. The second-order valence-corrected chi connectivity index (χ2v) is 5.16. The highest BCUT2D eigenvalue weighted by atomic mass is 16.3. The van der Waals surface area contributed by atoms with Gasteiger partial charge in [-0.05, 0) is 36.8 Å². The summed E-state index contributed by atoms with van der Waals surface area (Å²) in [6, 6.07) is 0. The minimum absolute atomic E-state index is 0.341. The molecule has 4 heteroatoms. The molecule has 2 heterocycles. The highest BCUT2D eigenvalue weighted by Crippen LogP contribution is 2.14. The van der Waals surface area contributed by atoms with Crippen LogP contribution in [0.3, 0.4) is 0 Å². The van der Waals surface area contributed by atoms with Crippen LogP contribution in [0.2, 0.25) is 0 Å². The van der Waals surface area contributed by atoms with Crippen molar-refractivity contribution in [2.45, 2.75) is 13.8 Å². The van der Waals surface area contributed by atoms with Crippen molar-refractivity contribution in [1.82, 2.24) is 10.6 Å². The molecule has 2 saturated heterocycles. The Kier molecular flexibility index (Phi) is 6.28. The van der Waals surface area contributed by atoms with Crippen molar-refractivity contribution in [2.24, 2.45) is 23.7 Å². The van der Waals surface area contributed by atoms with E-state index in [2.05, 4.69) is 24.5 Å². The second-order valence-electron chi connectivity index (χ2n) is 5.16. The van der Waals surface area contributed by atoms with E-state index >= 15 is 0 Å². The Hall–Kier alpha value is -0.160. The second kappa shape index (κ2) is 7.22. The maximum Gasteiger partial charge on any atom is 0.0474 e. The number of rotatable bonds is 2. The summed E-state index contributed by atoms with van der Waals surface area (Å²) >= 11 is 0. The van der Waals surface area contributed by atoms with Crippen LogP contribution in [-0.2, 0) is 0 Å². The Labute approximate surface area is 98.4 Å². The molecule has 0 aromatic heterocycles. The molecule has 4 nitrogen and oxygen atoms in total. The number of hydrogen-bond donors (Lipinski definition) is 4. The van der Waals surface area contributed by atoms with Crippen LogP contribution in [0.4, 0.5) is 0 Å². The summed E-state index contributed by atoms with van der Waals surface area (Å²) in [5, 5.41) is 23.8. The van der Waals surface area contributed by atoms with Crippen LogP contribution in [0.5, 0.6) is 0 Å². The number of nitrogens with one attached hydrogen (secondary N) is 2. The minimum atomic E-state index is 0.341. The molecule has 4 atom stereocenters. The summed E-state index contributed by atoms with van der Waals surface area (Å²) in [4.78, 5) is 0. The van der Waals surface area contributed by atoms with Crippen LogP contribution in [0, 0.1) is 23.7 Å². The third-order valence-corrected chi connectivity index (χ3v) is 3.82. The van der Waals surface area contributed by atoms with Crippen molar-refractivity contribution < 1.29 is 10.2 Å². The van der Waals surface area contributed by atoms with E-state index in [1.807, 2.05) is 0 Å². The van der Waals surface area contributed by atoms with E-state index < -0.39 is 0 Å². The van der Waals surface area contributed by atoms with Gasteiger partial charge in [-0.25, -0.2) is 0 Å². The Balaban J connectivity index is 0.000000160. The van der Waals surface area contributed by atoms with Gasteiger partial charge in [0.05, 0.1) is 0 Å². The van der Waals surface area contributed by atoms with Crippen LogP contribution < -0.4 is 10.6 Å². The third-order valence-electron chi connectivity index (χ3n) is 3.82. The molecule has 0 aromatic rings. The minimum Gasteiger partial charge on any atom is -0.396 e. The lowest BCUT2D eigenvalue weighted by Crippen LogP contribution is -2.13. The molecule has 2 fully saturated rings. The molecular weight excluding hydrogens is 204 g/mol. The predicted octanol–water partition coefficient (Wildman–Crippen LogP) is -0.332. The summed E-state index contributed by atoms with van der Waals surface area (Å²) < 4.78 is 0. The number of aliphatic hydroxyl groups is 2. The highest BCUT2D eigenvalue weighted by molar-refractivity contribution is 4.77. The topological polar surface area (TPSA) is 64.5 Å². The quantitative estimate of drug-likeness (QED) is 0.524. The van der Waals surface area contributed by atoms with Gasteiger partial charge in [0.2, 0.25) is 0 Å². The molecule has 0 spiro atoms. The van der Waals surface area contributed by atoms with Gasteiger partial charge in [0, 0.05) is 26.3 Å². The Morgan fingerprint density at radius 3 is 1.31 bits per heavy atom. The van der Waals surface area contributed by atoms with Crippen LogP contribution in [0.15, 0.2) is 0 Å². The SMILES string of the molecule is C[C@H]1CNC[C@@H]1CO.C[C@H]1CNC[C@@H]1CO. The van der Waals surface area contributed by atoms with E-state index in [-0.39, 0.29) is 0 Å². The molecule has 2 aliphatic rings. The molecule has 96 valence electrons. The van der Waals surface area contributed by atoms with E-state index in [4.69, 9.17) is 10.2 Å². The van der Waals surface area contributed by atoms with Crippen molar-refractivity contribution in [1.29, 1.82) is 0 Å². The zero-order chi connectivity index (χ0) is 12.0. The lowest BCUT2D eigenvalue weighted by Gasteiger charge is -2.07. The maximum atomic E-state index is 8.70. The molecule has 0 aliphatic carbocycles. The van der Waals surface area contributed by atoms with Crippen molar-refractivity contribution in [3.63, 3.8) is 0 Å². The lowest BCUT2D eigenvalue weighted by molar-refractivity contribution is 0.211. The molecule has 0 radical (unpaired) electrons. The van der Waals surface area contributed by atoms with Crippen molar-refractivity contribution in [3.05, 3.63) is 0 Å². The first-order chi connectivity index (χ1) is 7.69. The van der Waals surface area contributed by atoms with Crippen LogP contribution in [-0.4, -0.2) is 49.6 Å². The summed E-state index contributed by atoms with van der Waals surface area (Å²) in [7, 11) is 0. The van der Waals surface area contributed by atoms with Gasteiger partial charge in [-0.1, -0.05) is 13.8 Å². The smallest absolute Gasteiger partial charge is 0.0474 e. The van der Waals surface area contributed by atoms with Gasteiger partial charge < -0.3 is 20.8 Å². The molecule has 4 N–H and O–H groups in total. The zero-order valence-electron chi connectivity index (χ0n) is 10.4. The van der Waals surface area contributed by atoms with Gasteiger partial charge >= 0.3 is 0 Å². The van der Waals surface area contributed by atoms with E-state index in [1.165, 1.54) is 0 Å². The van der Waals surface area contributed by atoms with Crippen LogP contribution in [0.25, 0.3) is 0 Å². The highest BCUT2D eigenvalue weighted by Gasteiger charge is 2.21. The fourth-order valence-electron chi connectivity index (χ4n) is 2.22. The molecule has 0 unspecified atom stereocenters. The van der Waals surface area contributed by atoms with E-state index in [9.17, 15) is 0 Å². The average molecular weight is 230 g/mol. The molecule has 0 amide bonds. The predicted molar refractivity (Wildman–Crippen MR) is 65.2 cm³/mol. The van der Waals surface area contributed by atoms with Crippen LogP contribution in [0.1, 0.15) is 13.8 Å². The Morgan fingerprint density at radius 2 is 1.19 bits per heavy atom. The Morgan fingerprint density at radius 1 is 0.812 bits per heavy atom. The standard InChI is InChI=1S/2C6H13NO/c2*1-5-2-7-3-6(5)4-8/h2*5-8H,2-4H2,1H3/t2*5-,6+/m00/s1. The van der Waals surface area contributed by atoms with E-state index in [0.29, 0.717) is 36.9 Å². The van der Waals surface area contributed by atoms with Gasteiger partial charge in [0.1, 0.15) is 0 Å². The summed E-state index contributed by atoms with van der Waals surface area (Å²) in [6.45, 7) is 9.16. The monoisotopic (exact) mass is 230 g/mol. The van der Waals surface area contributed by atoms with E-state index in [0.717, 1.165) is 26.2 Å². The van der Waals surface area contributed by atoms with Crippen molar-refractivity contribution in [3.8, 4) is 0 Å². The van der Waals surface area contributed by atoms with Crippen LogP contribution >= 0.6 is 0 Å². The largest absolute Gasteiger partial charge is 0.396 e. The number of hydrogen-bond acceptors (Lipinski definition) is 4. The van der Waals surface area contributed by atoms with Gasteiger partial charge in [-0.2, -0.15) is 0 Å². The van der Waals surface area contributed by atoms with Gasteiger partial charge in [-0.15, -0.1) is 0 Å². The normalized spacial score (nSPS) is 38.2. The lowest BCUT2D eigenvalue weighted by atomic mass is 10.00. The first-order valence-electron chi connectivity index (χ1n) is 6.32. The summed E-state index contributed by atoms with van der Waals surface area (Å²) in [6.07, 6.45) is 0.